The Labute approximate surface area is 84.1 Å². The zero-order chi connectivity index (χ0) is 8.93. The van der Waals surface area contributed by atoms with Crippen LogP contribution < -0.4 is 0 Å². The van der Waals surface area contributed by atoms with Gasteiger partial charge in [-0.2, -0.15) is 0 Å². The molecule has 0 fully saturated rings. The van der Waals surface area contributed by atoms with Gasteiger partial charge in [0.1, 0.15) is 0 Å². The summed E-state index contributed by atoms with van der Waals surface area (Å²) in [6.07, 6.45) is 19.1. The van der Waals surface area contributed by atoms with Gasteiger partial charge < -0.3 is 0 Å². The Bertz CT molecular complexity index is 273. The topological polar surface area (TPSA) is 0 Å². The summed E-state index contributed by atoms with van der Waals surface area (Å²) in [5.74, 6) is 0. The van der Waals surface area contributed by atoms with Gasteiger partial charge in [0.25, 0.3) is 0 Å². The molecule has 2 aliphatic rings. The van der Waals surface area contributed by atoms with Crippen molar-refractivity contribution in [2.75, 3.05) is 0 Å². The highest BCUT2D eigenvalue weighted by Gasteiger charge is 2.11. The molecule has 0 atom stereocenters. The normalized spacial score (nSPS) is 22.0. The fraction of sp³-hybridized carbons (Fsp3) is 0.333. The highest BCUT2D eigenvalue weighted by Crippen LogP contribution is 2.31. The molecule has 0 bridgehead atoms. The number of rotatable bonds is 2. The molecule has 0 saturated carbocycles. The SMILES string of the molecule is C1=CCC=C(SC2CC=CC2)C=C1. The van der Waals surface area contributed by atoms with Crippen molar-refractivity contribution in [3.05, 3.63) is 47.4 Å². The minimum absolute atomic E-state index is 0.786. The zero-order valence-corrected chi connectivity index (χ0v) is 8.46. The second kappa shape index (κ2) is 4.52. The highest BCUT2D eigenvalue weighted by atomic mass is 32.2. The Hall–Kier alpha value is -0.690. The number of hydrogen-bond donors (Lipinski definition) is 0. The lowest BCUT2D eigenvalue weighted by atomic mass is 10.3. The Morgan fingerprint density at radius 3 is 2.77 bits per heavy atom. The van der Waals surface area contributed by atoms with Gasteiger partial charge >= 0.3 is 0 Å². The van der Waals surface area contributed by atoms with E-state index in [4.69, 9.17) is 0 Å². The van der Waals surface area contributed by atoms with Crippen LogP contribution in [0.2, 0.25) is 0 Å². The van der Waals surface area contributed by atoms with Crippen LogP contribution in [-0.2, 0) is 0 Å². The lowest BCUT2D eigenvalue weighted by Crippen LogP contribution is -1.93. The van der Waals surface area contributed by atoms with Crippen LogP contribution in [0.4, 0.5) is 0 Å². The fourth-order valence-electron chi connectivity index (χ4n) is 1.53. The molecule has 0 nitrogen and oxygen atoms in total. The lowest BCUT2D eigenvalue weighted by molar-refractivity contribution is 0.956. The van der Waals surface area contributed by atoms with Gasteiger partial charge in [-0.15, -0.1) is 11.8 Å². The van der Waals surface area contributed by atoms with Crippen LogP contribution in [0, 0.1) is 0 Å². The molecule has 0 spiro atoms. The summed E-state index contributed by atoms with van der Waals surface area (Å²) in [6.45, 7) is 0. The molecule has 68 valence electrons. The van der Waals surface area contributed by atoms with Crippen molar-refractivity contribution in [3.8, 4) is 0 Å². The maximum Gasteiger partial charge on any atom is 0.0163 e. The van der Waals surface area contributed by atoms with Gasteiger partial charge in [-0.05, 0) is 25.3 Å². The quantitative estimate of drug-likeness (QED) is 0.596. The maximum absolute atomic E-state index is 2.31. The van der Waals surface area contributed by atoms with E-state index in [9.17, 15) is 0 Å². The molecule has 0 aromatic carbocycles. The standard InChI is InChI=1S/C12H14S/c1-2-4-8-11(7-3-1)13-12-9-5-6-10-12/h1-3,5-8,12H,4,9-10H2. The van der Waals surface area contributed by atoms with Crippen molar-refractivity contribution < 1.29 is 0 Å². The summed E-state index contributed by atoms with van der Waals surface area (Å²) in [4.78, 5) is 1.43. The first-order valence-electron chi connectivity index (χ1n) is 4.80. The van der Waals surface area contributed by atoms with E-state index < -0.39 is 0 Å². The number of allylic oxidation sites excluding steroid dienone is 7. The summed E-state index contributed by atoms with van der Waals surface area (Å²) in [6, 6.07) is 0. The summed E-state index contributed by atoms with van der Waals surface area (Å²) < 4.78 is 0. The van der Waals surface area contributed by atoms with E-state index >= 15 is 0 Å². The average molecular weight is 190 g/mol. The second-order valence-corrected chi connectivity index (χ2v) is 4.69. The van der Waals surface area contributed by atoms with Gasteiger partial charge in [0.05, 0.1) is 0 Å². The Balaban J connectivity index is 1.90. The van der Waals surface area contributed by atoms with E-state index in [1.807, 2.05) is 11.8 Å². The predicted molar refractivity (Wildman–Crippen MR) is 60.7 cm³/mol. The molecule has 0 unspecified atom stereocenters. The van der Waals surface area contributed by atoms with Crippen LogP contribution in [0.5, 0.6) is 0 Å². The minimum atomic E-state index is 0.786. The molecule has 2 aliphatic carbocycles. The summed E-state index contributed by atoms with van der Waals surface area (Å²) in [7, 11) is 0. The second-order valence-electron chi connectivity index (χ2n) is 3.31. The van der Waals surface area contributed by atoms with Crippen LogP contribution >= 0.6 is 11.8 Å². The molecule has 0 amide bonds. The molecule has 1 heteroatoms. The minimum Gasteiger partial charge on any atom is -0.122 e. The van der Waals surface area contributed by atoms with Crippen molar-refractivity contribution in [1.29, 1.82) is 0 Å². The molecule has 2 rings (SSSR count). The van der Waals surface area contributed by atoms with Crippen LogP contribution in [0.25, 0.3) is 0 Å². The van der Waals surface area contributed by atoms with E-state index in [0.29, 0.717) is 0 Å². The van der Waals surface area contributed by atoms with Crippen LogP contribution in [-0.4, -0.2) is 5.25 Å². The third-order valence-electron chi connectivity index (χ3n) is 2.23. The first-order valence-corrected chi connectivity index (χ1v) is 5.68. The smallest absolute Gasteiger partial charge is 0.0163 e. The third kappa shape index (κ3) is 2.63. The molecule has 0 aromatic heterocycles. The molecule has 0 aromatic rings. The number of hydrogen-bond acceptors (Lipinski definition) is 1. The Morgan fingerprint density at radius 1 is 1.08 bits per heavy atom. The molecular weight excluding hydrogens is 176 g/mol. The maximum atomic E-state index is 2.31. The van der Waals surface area contributed by atoms with Crippen LogP contribution in [0.15, 0.2) is 47.4 Å². The number of thioether (sulfide) groups is 1. The first-order chi connectivity index (χ1) is 6.45. The Kier molecular flexibility index (Phi) is 3.09. The van der Waals surface area contributed by atoms with Gasteiger partial charge in [0.2, 0.25) is 0 Å². The molecule has 13 heavy (non-hydrogen) atoms. The van der Waals surface area contributed by atoms with Crippen LogP contribution in [0.3, 0.4) is 0 Å². The summed E-state index contributed by atoms with van der Waals surface area (Å²) in [5, 5.41) is 0.786. The van der Waals surface area contributed by atoms with Gasteiger partial charge in [0, 0.05) is 10.2 Å². The van der Waals surface area contributed by atoms with Gasteiger partial charge in [-0.1, -0.05) is 36.5 Å². The van der Waals surface area contributed by atoms with Crippen molar-refractivity contribution >= 4 is 11.8 Å². The summed E-state index contributed by atoms with van der Waals surface area (Å²) in [5.41, 5.74) is 0. The first kappa shape index (κ1) is 8.89. The molecular formula is C12H14S. The van der Waals surface area contributed by atoms with E-state index in [1.165, 1.54) is 17.7 Å². The predicted octanol–water partition coefficient (Wildman–Crippen LogP) is 3.84. The van der Waals surface area contributed by atoms with Gasteiger partial charge in [-0.25, -0.2) is 0 Å². The monoisotopic (exact) mass is 190 g/mol. The molecule has 0 radical (unpaired) electrons. The molecule has 0 saturated heterocycles. The summed E-state index contributed by atoms with van der Waals surface area (Å²) >= 11 is 2.01. The van der Waals surface area contributed by atoms with E-state index in [1.54, 1.807) is 0 Å². The third-order valence-corrected chi connectivity index (χ3v) is 3.52. The molecule has 0 aliphatic heterocycles. The van der Waals surface area contributed by atoms with Gasteiger partial charge in [0.15, 0.2) is 0 Å². The van der Waals surface area contributed by atoms with Crippen LogP contribution in [0.1, 0.15) is 19.3 Å². The average Bonchev–Trinajstić information content (AvgIpc) is 2.49. The highest BCUT2D eigenvalue weighted by molar-refractivity contribution is 8.03. The molecule has 0 heterocycles. The van der Waals surface area contributed by atoms with E-state index in [0.717, 1.165) is 11.7 Å². The van der Waals surface area contributed by atoms with Crippen molar-refractivity contribution in [2.45, 2.75) is 24.5 Å². The van der Waals surface area contributed by atoms with Crippen molar-refractivity contribution in [2.24, 2.45) is 0 Å². The largest absolute Gasteiger partial charge is 0.122 e. The Morgan fingerprint density at radius 2 is 1.92 bits per heavy atom. The fourth-order valence-corrected chi connectivity index (χ4v) is 2.68. The zero-order valence-electron chi connectivity index (χ0n) is 7.65. The van der Waals surface area contributed by atoms with E-state index in [2.05, 4.69) is 42.5 Å². The van der Waals surface area contributed by atoms with Crippen molar-refractivity contribution in [3.63, 3.8) is 0 Å². The molecule has 0 N–H and O–H groups in total. The van der Waals surface area contributed by atoms with Gasteiger partial charge in [-0.3, -0.25) is 0 Å². The lowest BCUT2D eigenvalue weighted by Gasteiger charge is -2.08. The van der Waals surface area contributed by atoms with E-state index in [-0.39, 0.29) is 0 Å². The van der Waals surface area contributed by atoms with Crippen molar-refractivity contribution in [1.82, 2.24) is 0 Å².